The van der Waals surface area contributed by atoms with E-state index in [1.165, 1.54) is 24.3 Å². The smallest absolute Gasteiger partial charge is 0.270 e. The number of alkyl halides is 1. The molecule has 0 unspecified atom stereocenters. The third kappa shape index (κ3) is 3.75. The number of nitrogens with zero attached hydrogens (tertiary/aromatic N) is 1. The standard InChI is InChI=1S/C14H10BrF2NO3/c15-7-10-6-11(18(19)20)2-4-14(10)21-8-9-1-3-12(16)13(17)5-9/h1-6H,7-8H2. The Morgan fingerprint density at radius 1 is 1.14 bits per heavy atom. The van der Waals surface area contributed by atoms with Gasteiger partial charge in [-0.15, -0.1) is 0 Å². The van der Waals surface area contributed by atoms with E-state index in [2.05, 4.69) is 15.9 Å². The van der Waals surface area contributed by atoms with E-state index >= 15 is 0 Å². The molecule has 4 nitrogen and oxygen atoms in total. The Balaban J connectivity index is 2.15. The summed E-state index contributed by atoms with van der Waals surface area (Å²) in [6.07, 6.45) is 0. The van der Waals surface area contributed by atoms with Crippen molar-refractivity contribution in [2.45, 2.75) is 11.9 Å². The number of non-ortho nitro benzene ring substituents is 1. The number of nitro groups is 1. The fraction of sp³-hybridized carbons (Fsp3) is 0.143. The first-order valence-corrected chi connectivity index (χ1v) is 7.03. The maximum absolute atomic E-state index is 13.1. The summed E-state index contributed by atoms with van der Waals surface area (Å²) in [6.45, 7) is 0.0367. The van der Waals surface area contributed by atoms with Crippen molar-refractivity contribution in [3.63, 3.8) is 0 Å². The molecule has 0 radical (unpaired) electrons. The quantitative estimate of drug-likeness (QED) is 0.454. The van der Waals surface area contributed by atoms with E-state index < -0.39 is 16.6 Å². The molecular weight excluding hydrogens is 348 g/mol. The lowest BCUT2D eigenvalue weighted by atomic mass is 10.2. The first-order valence-electron chi connectivity index (χ1n) is 5.91. The van der Waals surface area contributed by atoms with Crippen molar-refractivity contribution in [2.24, 2.45) is 0 Å². The Bertz CT molecular complexity index is 679. The summed E-state index contributed by atoms with van der Waals surface area (Å²) in [7, 11) is 0. The van der Waals surface area contributed by atoms with E-state index in [1.807, 2.05) is 0 Å². The summed E-state index contributed by atoms with van der Waals surface area (Å²) in [4.78, 5) is 10.2. The SMILES string of the molecule is O=[N+]([O-])c1ccc(OCc2ccc(F)c(F)c2)c(CBr)c1. The molecule has 7 heteroatoms. The van der Waals surface area contributed by atoms with Crippen LogP contribution >= 0.6 is 15.9 Å². The number of nitro benzene ring substituents is 1. The lowest BCUT2D eigenvalue weighted by molar-refractivity contribution is -0.384. The van der Waals surface area contributed by atoms with Gasteiger partial charge in [-0.3, -0.25) is 10.1 Å². The molecule has 110 valence electrons. The normalized spacial score (nSPS) is 10.4. The predicted molar refractivity (Wildman–Crippen MR) is 76.4 cm³/mol. The number of benzene rings is 2. The van der Waals surface area contributed by atoms with Crippen LogP contribution in [0, 0.1) is 21.7 Å². The van der Waals surface area contributed by atoms with E-state index in [-0.39, 0.29) is 12.3 Å². The molecule has 0 aliphatic heterocycles. The second-order valence-electron chi connectivity index (χ2n) is 4.22. The van der Waals surface area contributed by atoms with Gasteiger partial charge in [0.05, 0.1) is 4.92 Å². The van der Waals surface area contributed by atoms with E-state index in [4.69, 9.17) is 4.74 Å². The fourth-order valence-corrected chi connectivity index (χ4v) is 2.15. The minimum atomic E-state index is -0.944. The van der Waals surface area contributed by atoms with Crippen LogP contribution < -0.4 is 4.74 Å². The monoisotopic (exact) mass is 357 g/mol. The highest BCUT2D eigenvalue weighted by Crippen LogP contribution is 2.27. The summed E-state index contributed by atoms with van der Waals surface area (Å²) in [5, 5.41) is 11.1. The molecule has 0 saturated carbocycles. The Morgan fingerprint density at radius 3 is 2.52 bits per heavy atom. The average molecular weight is 358 g/mol. The van der Waals surface area contributed by atoms with Gasteiger partial charge in [0, 0.05) is 23.0 Å². The van der Waals surface area contributed by atoms with Crippen molar-refractivity contribution in [1.82, 2.24) is 0 Å². The molecule has 0 amide bonds. The molecule has 2 aromatic carbocycles. The molecule has 0 aliphatic carbocycles. The zero-order chi connectivity index (χ0) is 15.4. The van der Waals surface area contributed by atoms with E-state index in [0.29, 0.717) is 22.2 Å². The minimum absolute atomic E-state index is 0.0367. The molecule has 2 rings (SSSR count). The van der Waals surface area contributed by atoms with Crippen LogP contribution in [0.4, 0.5) is 14.5 Å². The lowest BCUT2D eigenvalue weighted by Gasteiger charge is -2.10. The molecule has 0 spiro atoms. The molecule has 0 aromatic heterocycles. The third-order valence-corrected chi connectivity index (χ3v) is 3.38. The van der Waals surface area contributed by atoms with Gasteiger partial charge in [0.2, 0.25) is 0 Å². The van der Waals surface area contributed by atoms with Gasteiger partial charge in [0.15, 0.2) is 11.6 Å². The Hall–Kier alpha value is -2.02. The maximum atomic E-state index is 13.1. The van der Waals surface area contributed by atoms with Crippen LogP contribution in [0.25, 0.3) is 0 Å². The minimum Gasteiger partial charge on any atom is -0.489 e. The number of halogens is 3. The highest BCUT2D eigenvalue weighted by atomic mass is 79.9. The molecule has 0 fully saturated rings. The topological polar surface area (TPSA) is 52.4 Å². The summed E-state index contributed by atoms with van der Waals surface area (Å²) in [5.74, 6) is -1.42. The summed E-state index contributed by atoms with van der Waals surface area (Å²) in [5.41, 5.74) is 1.03. The van der Waals surface area contributed by atoms with Crippen LogP contribution in [0.3, 0.4) is 0 Å². The maximum Gasteiger partial charge on any atom is 0.270 e. The molecule has 21 heavy (non-hydrogen) atoms. The van der Waals surface area contributed by atoms with Crippen LogP contribution in [-0.2, 0) is 11.9 Å². The number of ether oxygens (including phenoxy) is 1. The largest absolute Gasteiger partial charge is 0.489 e. The van der Waals surface area contributed by atoms with Crippen LogP contribution in [0.2, 0.25) is 0 Å². The molecule has 0 atom stereocenters. The van der Waals surface area contributed by atoms with Crippen LogP contribution in [0.1, 0.15) is 11.1 Å². The highest BCUT2D eigenvalue weighted by molar-refractivity contribution is 9.08. The first kappa shape index (κ1) is 15.4. The van der Waals surface area contributed by atoms with Crippen molar-refractivity contribution in [3.05, 3.63) is 69.3 Å². The van der Waals surface area contributed by atoms with Gasteiger partial charge in [-0.05, 0) is 23.8 Å². The van der Waals surface area contributed by atoms with Crippen molar-refractivity contribution < 1.29 is 18.4 Å². The van der Waals surface area contributed by atoms with Crippen LogP contribution in [0.15, 0.2) is 36.4 Å². The Labute approximate surface area is 127 Å². The number of hydrogen-bond donors (Lipinski definition) is 0. The molecule has 0 heterocycles. The molecule has 0 bridgehead atoms. The molecule has 0 N–H and O–H groups in total. The molecular formula is C14H10BrF2NO3. The fourth-order valence-electron chi connectivity index (χ4n) is 1.72. The van der Waals surface area contributed by atoms with Gasteiger partial charge in [-0.1, -0.05) is 22.0 Å². The van der Waals surface area contributed by atoms with Gasteiger partial charge in [0.25, 0.3) is 5.69 Å². The summed E-state index contributed by atoms with van der Waals surface area (Å²) < 4.78 is 31.4. The second-order valence-corrected chi connectivity index (χ2v) is 4.78. The van der Waals surface area contributed by atoms with E-state index in [0.717, 1.165) is 12.1 Å². The van der Waals surface area contributed by atoms with Crippen molar-refractivity contribution >= 4 is 21.6 Å². The van der Waals surface area contributed by atoms with Crippen LogP contribution in [-0.4, -0.2) is 4.92 Å². The lowest BCUT2D eigenvalue weighted by Crippen LogP contribution is -2.00. The summed E-state index contributed by atoms with van der Waals surface area (Å²) >= 11 is 3.23. The third-order valence-electron chi connectivity index (χ3n) is 2.78. The molecule has 0 aliphatic rings. The van der Waals surface area contributed by atoms with Gasteiger partial charge >= 0.3 is 0 Å². The molecule has 0 saturated heterocycles. The molecule has 2 aromatic rings. The Morgan fingerprint density at radius 2 is 1.90 bits per heavy atom. The Kier molecular flexibility index (Phi) is 4.85. The number of hydrogen-bond acceptors (Lipinski definition) is 3. The van der Waals surface area contributed by atoms with Crippen LogP contribution in [0.5, 0.6) is 5.75 Å². The average Bonchev–Trinajstić information content (AvgIpc) is 2.48. The second kappa shape index (κ2) is 6.62. The van der Waals surface area contributed by atoms with Crippen molar-refractivity contribution in [1.29, 1.82) is 0 Å². The zero-order valence-electron chi connectivity index (χ0n) is 10.7. The zero-order valence-corrected chi connectivity index (χ0v) is 12.3. The van der Waals surface area contributed by atoms with Gasteiger partial charge in [-0.25, -0.2) is 8.78 Å². The van der Waals surface area contributed by atoms with Gasteiger partial charge in [0.1, 0.15) is 12.4 Å². The van der Waals surface area contributed by atoms with E-state index in [1.54, 1.807) is 0 Å². The van der Waals surface area contributed by atoms with Gasteiger partial charge < -0.3 is 4.74 Å². The number of rotatable bonds is 5. The van der Waals surface area contributed by atoms with Crippen molar-refractivity contribution in [3.8, 4) is 5.75 Å². The predicted octanol–water partition coefficient (Wildman–Crippen LogP) is 4.35. The summed E-state index contributed by atoms with van der Waals surface area (Å²) in [6, 6.07) is 7.69. The first-order chi connectivity index (χ1) is 10.0. The van der Waals surface area contributed by atoms with Gasteiger partial charge in [-0.2, -0.15) is 0 Å². The highest BCUT2D eigenvalue weighted by Gasteiger charge is 2.11. The van der Waals surface area contributed by atoms with Crippen molar-refractivity contribution in [2.75, 3.05) is 0 Å². The van der Waals surface area contributed by atoms with E-state index in [9.17, 15) is 18.9 Å².